The number of rotatable bonds is 6. The van der Waals surface area contributed by atoms with Gasteiger partial charge in [-0.3, -0.25) is 4.79 Å². The number of carbonyl (C=O) groups is 1. The molecule has 0 fully saturated rings. The van der Waals surface area contributed by atoms with Crippen LogP contribution in [-0.4, -0.2) is 35.2 Å². The Morgan fingerprint density at radius 3 is 2.31 bits per heavy atom. The molecule has 0 saturated carbocycles. The first kappa shape index (κ1) is 15.8. The summed E-state index contributed by atoms with van der Waals surface area (Å²) >= 11 is 1.63. The van der Waals surface area contributed by atoms with Crippen LogP contribution in [0.1, 0.15) is 41.5 Å². The quantitative estimate of drug-likeness (QED) is 0.733. The molecule has 0 bridgehead atoms. The van der Waals surface area contributed by atoms with Crippen molar-refractivity contribution in [3.8, 4) is 0 Å². The third kappa shape index (κ3) is 9.04. The first-order valence-corrected chi connectivity index (χ1v) is 6.82. The topological polar surface area (TPSA) is 38.3 Å². The van der Waals surface area contributed by atoms with Crippen molar-refractivity contribution in [1.29, 1.82) is 0 Å². The number of thioether (sulfide) groups is 1. The molecule has 0 saturated heterocycles. The normalized spacial score (nSPS) is 13.9. The highest BCUT2D eigenvalue weighted by molar-refractivity contribution is 8.00. The van der Waals surface area contributed by atoms with Gasteiger partial charge in [-0.05, 0) is 41.5 Å². The molecule has 0 aromatic heterocycles. The zero-order valence-corrected chi connectivity index (χ0v) is 12.1. The van der Waals surface area contributed by atoms with Crippen molar-refractivity contribution in [3.63, 3.8) is 0 Å². The molecular weight excluding hydrogens is 222 g/mol. The van der Waals surface area contributed by atoms with Crippen LogP contribution in [-0.2, 0) is 9.53 Å². The Kier molecular flexibility index (Phi) is 7.07. The van der Waals surface area contributed by atoms with Crippen LogP contribution < -0.4 is 5.32 Å². The summed E-state index contributed by atoms with van der Waals surface area (Å²) in [6.45, 7) is 12.6. The molecule has 0 aliphatic rings. The minimum absolute atomic E-state index is 0.0185. The van der Waals surface area contributed by atoms with Crippen molar-refractivity contribution in [1.82, 2.24) is 5.32 Å². The molecule has 4 heteroatoms. The van der Waals surface area contributed by atoms with E-state index in [1.165, 1.54) is 0 Å². The predicted molar refractivity (Wildman–Crippen MR) is 70.9 cm³/mol. The lowest BCUT2D eigenvalue weighted by Gasteiger charge is -2.23. The van der Waals surface area contributed by atoms with E-state index in [1.807, 2.05) is 41.5 Å². The first-order valence-electron chi connectivity index (χ1n) is 5.77. The van der Waals surface area contributed by atoms with Crippen molar-refractivity contribution in [2.45, 2.75) is 58.4 Å². The fraction of sp³-hybridized carbons (Fsp3) is 0.917. The maximum Gasteiger partial charge on any atom is 0.233 e. The number of carbonyl (C=O) groups excluding carboxylic acids is 1. The van der Waals surface area contributed by atoms with Crippen LogP contribution in [0.5, 0.6) is 0 Å². The van der Waals surface area contributed by atoms with E-state index >= 15 is 0 Å². The van der Waals surface area contributed by atoms with Gasteiger partial charge in [0, 0.05) is 11.3 Å². The van der Waals surface area contributed by atoms with Gasteiger partial charge in [-0.2, -0.15) is 0 Å². The molecule has 0 heterocycles. The Balaban J connectivity index is 3.72. The van der Waals surface area contributed by atoms with Crippen LogP contribution in [0.25, 0.3) is 0 Å². The molecule has 0 radical (unpaired) electrons. The maximum atomic E-state index is 11.7. The van der Waals surface area contributed by atoms with Gasteiger partial charge in [0.25, 0.3) is 0 Å². The van der Waals surface area contributed by atoms with Crippen molar-refractivity contribution in [2.24, 2.45) is 0 Å². The molecule has 0 aromatic carbocycles. The monoisotopic (exact) mass is 247 g/mol. The van der Waals surface area contributed by atoms with Crippen LogP contribution in [0.2, 0.25) is 0 Å². The van der Waals surface area contributed by atoms with E-state index < -0.39 is 0 Å². The van der Waals surface area contributed by atoms with Gasteiger partial charge < -0.3 is 10.1 Å². The van der Waals surface area contributed by atoms with Crippen LogP contribution in [0.3, 0.4) is 0 Å². The van der Waals surface area contributed by atoms with E-state index in [9.17, 15) is 4.79 Å². The molecule has 0 aromatic rings. The average molecular weight is 247 g/mol. The van der Waals surface area contributed by atoms with Gasteiger partial charge in [-0.1, -0.05) is 0 Å². The second kappa shape index (κ2) is 7.17. The van der Waals surface area contributed by atoms with E-state index in [1.54, 1.807) is 11.8 Å². The summed E-state index contributed by atoms with van der Waals surface area (Å²) in [7, 11) is 0. The van der Waals surface area contributed by atoms with E-state index in [2.05, 4.69) is 5.32 Å². The fourth-order valence-electron chi connectivity index (χ4n) is 1.06. The number of hydrogen-bond donors (Lipinski definition) is 1. The molecular formula is C12H25NO2S. The van der Waals surface area contributed by atoms with Gasteiger partial charge in [0.15, 0.2) is 0 Å². The van der Waals surface area contributed by atoms with Crippen molar-refractivity contribution < 1.29 is 9.53 Å². The number of amides is 1. The summed E-state index contributed by atoms with van der Waals surface area (Å²) in [4.78, 5) is 11.7. The molecule has 0 aliphatic carbocycles. The van der Waals surface area contributed by atoms with Crippen molar-refractivity contribution in [3.05, 3.63) is 0 Å². The van der Waals surface area contributed by atoms with E-state index in [0.717, 1.165) is 5.75 Å². The van der Waals surface area contributed by atoms with E-state index in [0.29, 0.717) is 6.61 Å². The van der Waals surface area contributed by atoms with Gasteiger partial charge in [0.1, 0.15) is 0 Å². The molecule has 1 atom stereocenters. The average Bonchev–Trinajstić information content (AvgIpc) is 2.08. The van der Waals surface area contributed by atoms with Gasteiger partial charge in [-0.15, -0.1) is 11.8 Å². The molecule has 1 N–H and O–H groups in total. The van der Waals surface area contributed by atoms with Crippen molar-refractivity contribution >= 4 is 17.7 Å². The third-order valence-corrected chi connectivity index (χ3v) is 2.89. The summed E-state index contributed by atoms with van der Waals surface area (Å²) in [5.74, 6) is 0.957. The van der Waals surface area contributed by atoms with Gasteiger partial charge in [-0.25, -0.2) is 0 Å². The smallest absolute Gasteiger partial charge is 0.233 e. The summed E-state index contributed by atoms with van der Waals surface area (Å²) in [6, 6.07) is 0. The SMILES string of the molecule is CC(C)OCCSC(C)C(=O)NC(C)(C)C. The standard InChI is InChI=1S/C12H25NO2S/c1-9(2)15-7-8-16-10(3)11(14)13-12(4,5)6/h9-10H,7-8H2,1-6H3,(H,13,14). The van der Waals surface area contributed by atoms with Crippen LogP contribution in [0.4, 0.5) is 0 Å². The predicted octanol–water partition coefficient (Wildman–Crippen LogP) is 2.45. The van der Waals surface area contributed by atoms with Crippen LogP contribution >= 0.6 is 11.8 Å². The highest BCUT2D eigenvalue weighted by atomic mass is 32.2. The summed E-state index contributed by atoms with van der Waals surface area (Å²) < 4.78 is 5.42. The molecule has 96 valence electrons. The van der Waals surface area contributed by atoms with Crippen LogP contribution in [0.15, 0.2) is 0 Å². The summed E-state index contributed by atoms with van der Waals surface area (Å²) in [5.41, 5.74) is -0.152. The summed E-state index contributed by atoms with van der Waals surface area (Å²) in [6.07, 6.45) is 0.263. The minimum atomic E-state index is -0.152. The first-order chi connectivity index (χ1) is 7.22. The lowest BCUT2D eigenvalue weighted by atomic mass is 10.1. The van der Waals surface area contributed by atoms with Crippen molar-refractivity contribution in [2.75, 3.05) is 12.4 Å². The lowest BCUT2D eigenvalue weighted by Crippen LogP contribution is -2.44. The second-order valence-corrected chi connectivity index (χ2v) is 6.62. The molecule has 0 rings (SSSR count). The molecule has 0 spiro atoms. The van der Waals surface area contributed by atoms with E-state index in [4.69, 9.17) is 4.74 Å². The van der Waals surface area contributed by atoms with E-state index in [-0.39, 0.29) is 22.8 Å². The molecule has 16 heavy (non-hydrogen) atoms. The number of hydrogen-bond acceptors (Lipinski definition) is 3. The second-order valence-electron chi connectivity index (χ2n) is 5.17. The van der Waals surface area contributed by atoms with Crippen LogP contribution in [0, 0.1) is 0 Å². The number of nitrogens with one attached hydrogen (secondary N) is 1. The third-order valence-electron chi connectivity index (χ3n) is 1.77. The molecule has 1 amide bonds. The fourth-order valence-corrected chi connectivity index (χ4v) is 1.81. The molecule has 1 unspecified atom stereocenters. The highest BCUT2D eigenvalue weighted by Gasteiger charge is 2.19. The Hall–Kier alpha value is -0.220. The van der Waals surface area contributed by atoms with Gasteiger partial charge in [0.2, 0.25) is 5.91 Å². The molecule has 0 aliphatic heterocycles. The minimum Gasteiger partial charge on any atom is -0.378 e. The summed E-state index contributed by atoms with van der Waals surface area (Å²) in [5, 5.41) is 2.95. The van der Waals surface area contributed by atoms with Gasteiger partial charge >= 0.3 is 0 Å². The molecule has 3 nitrogen and oxygen atoms in total. The zero-order valence-electron chi connectivity index (χ0n) is 11.3. The zero-order chi connectivity index (χ0) is 12.8. The highest BCUT2D eigenvalue weighted by Crippen LogP contribution is 2.12. The van der Waals surface area contributed by atoms with Gasteiger partial charge in [0.05, 0.1) is 18.0 Å². The maximum absolute atomic E-state index is 11.7. The largest absolute Gasteiger partial charge is 0.378 e. The lowest BCUT2D eigenvalue weighted by molar-refractivity contribution is -0.121. The Labute approximate surface area is 104 Å². The number of ether oxygens (including phenoxy) is 1. The Bertz CT molecular complexity index is 212. The Morgan fingerprint density at radius 2 is 1.88 bits per heavy atom. The Morgan fingerprint density at radius 1 is 1.31 bits per heavy atom.